The molecule has 1 aromatic heterocycles. The van der Waals surface area contributed by atoms with Crippen molar-refractivity contribution in [3.8, 4) is 11.5 Å². The summed E-state index contributed by atoms with van der Waals surface area (Å²) in [6.45, 7) is 7.84. The van der Waals surface area contributed by atoms with Crippen LogP contribution in [-0.4, -0.2) is 23.2 Å². The molecule has 4 aromatic carbocycles. The van der Waals surface area contributed by atoms with Crippen molar-refractivity contribution < 1.29 is 19.0 Å². The van der Waals surface area contributed by atoms with E-state index in [0.29, 0.717) is 42.7 Å². The molecule has 0 spiro atoms. The Hall–Kier alpha value is -4.66. The quantitative estimate of drug-likeness (QED) is 0.161. The zero-order chi connectivity index (χ0) is 32.4. The fourth-order valence-electron chi connectivity index (χ4n) is 5.61. The van der Waals surface area contributed by atoms with Crippen molar-refractivity contribution in [3.05, 3.63) is 138 Å². The van der Waals surface area contributed by atoms with E-state index in [1.807, 2.05) is 105 Å². The maximum Gasteiger partial charge on any atom is 0.338 e. The van der Waals surface area contributed by atoms with Crippen LogP contribution < -0.4 is 24.4 Å². The molecule has 9 heteroatoms. The molecule has 0 N–H and O–H groups in total. The highest BCUT2D eigenvalue weighted by Gasteiger charge is 2.35. The Kier molecular flexibility index (Phi) is 9.10. The van der Waals surface area contributed by atoms with E-state index < -0.39 is 12.0 Å². The number of allylic oxidation sites excluding steroid dienone is 1. The standard InChI is InChI=1S/C37H33ClN2O5S/c1-5-43-36(42)33-23(4)39-37-40(34(33)27-15-9-11-17-31(27)45-22(2)3)35(41)32(46-37)20-28-26-14-8-6-12-24(26)18-19-30(28)44-21-25-13-7-10-16-29(25)38/h6-20,22,34H,5,21H2,1-4H3/b32-20-/t34-/m0/s1. The number of benzene rings is 4. The van der Waals surface area contributed by atoms with Gasteiger partial charge in [-0.25, -0.2) is 9.79 Å². The highest BCUT2D eigenvalue weighted by Crippen LogP contribution is 2.36. The van der Waals surface area contributed by atoms with Gasteiger partial charge in [0, 0.05) is 21.7 Å². The summed E-state index contributed by atoms with van der Waals surface area (Å²) in [4.78, 5) is 33.1. The van der Waals surface area contributed by atoms with E-state index in [-0.39, 0.29) is 24.9 Å². The van der Waals surface area contributed by atoms with Crippen molar-refractivity contribution in [1.82, 2.24) is 4.57 Å². The maximum absolute atomic E-state index is 14.4. The Morgan fingerprint density at radius 2 is 1.74 bits per heavy atom. The van der Waals surface area contributed by atoms with Gasteiger partial charge in [-0.3, -0.25) is 9.36 Å². The topological polar surface area (TPSA) is 79.1 Å². The zero-order valence-corrected chi connectivity index (χ0v) is 27.5. The summed E-state index contributed by atoms with van der Waals surface area (Å²) in [5.74, 6) is 0.671. The maximum atomic E-state index is 14.4. The van der Waals surface area contributed by atoms with Crippen LogP contribution in [0.3, 0.4) is 0 Å². The van der Waals surface area contributed by atoms with Crippen molar-refractivity contribution in [2.45, 2.75) is 46.4 Å². The second kappa shape index (κ2) is 13.4. The van der Waals surface area contributed by atoms with Gasteiger partial charge in [0.2, 0.25) is 0 Å². The van der Waals surface area contributed by atoms with E-state index in [0.717, 1.165) is 21.9 Å². The number of hydrogen-bond donors (Lipinski definition) is 0. The Morgan fingerprint density at radius 1 is 1.00 bits per heavy atom. The van der Waals surface area contributed by atoms with Crippen LogP contribution in [0.25, 0.3) is 16.8 Å². The summed E-state index contributed by atoms with van der Waals surface area (Å²) in [6.07, 6.45) is 1.73. The second-order valence-corrected chi connectivity index (χ2v) is 12.5. The van der Waals surface area contributed by atoms with Gasteiger partial charge in [-0.05, 0) is 62.7 Å². The number of ether oxygens (including phenoxy) is 3. The van der Waals surface area contributed by atoms with Crippen LogP contribution in [0, 0.1) is 0 Å². The van der Waals surface area contributed by atoms with Crippen LogP contribution in [0.1, 0.15) is 50.4 Å². The van der Waals surface area contributed by atoms with Crippen molar-refractivity contribution in [1.29, 1.82) is 0 Å². The molecular weight excluding hydrogens is 620 g/mol. The number of fused-ring (bicyclic) bond motifs is 2. The molecule has 1 atom stereocenters. The minimum atomic E-state index is -0.795. The number of para-hydroxylation sites is 1. The first-order chi connectivity index (χ1) is 22.3. The van der Waals surface area contributed by atoms with Crippen LogP contribution in [-0.2, 0) is 16.1 Å². The molecular formula is C37H33ClN2O5S. The van der Waals surface area contributed by atoms with Crippen LogP contribution in [0.2, 0.25) is 5.02 Å². The van der Waals surface area contributed by atoms with E-state index in [1.165, 1.54) is 11.3 Å². The normalized spacial score (nSPS) is 14.7. The smallest absolute Gasteiger partial charge is 0.338 e. The van der Waals surface area contributed by atoms with Crippen LogP contribution in [0.4, 0.5) is 0 Å². The van der Waals surface area contributed by atoms with Gasteiger partial charge in [-0.2, -0.15) is 0 Å². The fourth-order valence-corrected chi connectivity index (χ4v) is 6.82. The first-order valence-corrected chi connectivity index (χ1v) is 16.3. The fraction of sp³-hybridized carbons (Fsp3) is 0.216. The molecule has 0 amide bonds. The number of aromatic nitrogens is 1. The van der Waals surface area contributed by atoms with Gasteiger partial charge >= 0.3 is 5.97 Å². The molecule has 46 heavy (non-hydrogen) atoms. The second-order valence-electron chi connectivity index (χ2n) is 11.1. The van der Waals surface area contributed by atoms with Gasteiger partial charge in [0.05, 0.1) is 28.5 Å². The lowest BCUT2D eigenvalue weighted by Crippen LogP contribution is -2.40. The summed E-state index contributed by atoms with van der Waals surface area (Å²) in [5.41, 5.74) is 2.80. The predicted octanol–water partition coefficient (Wildman–Crippen LogP) is 6.97. The molecule has 1 aliphatic rings. The Bertz CT molecular complexity index is 2160. The molecule has 7 nitrogen and oxygen atoms in total. The summed E-state index contributed by atoms with van der Waals surface area (Å²) in [6, 6.07) is 26.1. The number of carbonyl (C=O) groups excluding carboxylic acids is 1. The lowest BCUT2D eigenvalue weighted by molar-refractivity contribution is -0.139. The Labute approximate surface area is 275 Å². The highest BCUT2D eigenvalue weighted by molar-refractivity contribution is 7.07. The van der Waals surface area contributed by atoms with Crippen molar-refractivity contribution in [2.75, 3.05) is 6.61 Å². The number of carbonyl (C=O) groups is 1. The van der Waals surface area contributed by atoms with Crippen molar-refractivity contribution in [2.24, 2.45) is 4.99 Å². The molecule has 0 saturated carbocycles. The highest BCUT2D eigenvalue weighted by atomic mass is 35.5. The summed E-state index contributed by atoms with van der Waals surface area (Å²) >= 11 is 7.68. The molecule has 1 aliphatic heterocycles. The summed E-state index contributed by atoms with van der Waals surface area (Å²) in [7, 11) is 0. The van der Waals surface area contributed by atoms with Gasteiger partial charge in [-0.15, -0.1) is 0 Å². The molecule has 0 unspecified atom stereocenters. The number of hydrogen-bond acceptors (Lipinski definition) is 7. The average molecular weight is 653 g/mol. The van der Waals surface area contributed by atoms with Gasteiger partial charge in [0.25, 0.3) is 5.56 Å². The number of esters is 1. The molecule has 5 aromatic rings. The van der Waals surface area contributed by atoms with E-state index in [4.69, 9.17) is 30.8 Å². The molecule has 0 bridgehead atoms. The monoisotopic (exact) mass is 652 g/mol. The third-order valence-corrected chi connectivity index (χ3v) is 8.99. The summed E-state index contributed by atoms with van der Waals surface area (Å²) < 4.78 is 20.0. The van der Waals surface area contributed by atoms with Crippen LogP contribution in [0.5, 0.6) is 11.5 Å². The van der Waals surface area contributed by atoms with Crippen LogP contribution in [0.15, 0.2) is 106 Å². The minimum Gasteiger partial charge on any atom is -0.491 e. The Morgan fingerprint density at radius 3 is 2.52 bits per heavy atom. The zero-order valence-electron chi connectivity index (χ0n) is 26.0. The van der Waals surface area contributed by atoms with Gasteiger partial charge in [-0.1, -0.05) is 89.7 Å². The van der Waals surface area contributed by atoms with E-state index in [9.17, 15) is 9.59 Å². The number of halogens is 1. The summed E-state index contributed by atoms with van der Waals surface area (Å²) in [5, 5.41) is 2.55. The number of thiazole rings is 1. The van der Waals surface area contributed by atoms with Crippen molar-refractivity contribution >= 4 is 45.8 Å². The first-order valence-electron chi connectivity index (χ1n) is 15.1. The number of nitrogens with zero attached hydrogens (tertiary/aromatic N) is 2. The molecule has 0 aliphatic carbocycles. The molecule has 0 saturated heterocycles. The third-order valence-electron chi connectivity index (χ3n) is 7.64. The molecule has 0 radical (unpaired) electrons. The predicted molar refractivity (Wildman–Crippen MR) is 182 cm³/mol. The van der Waals surface area contributed by atoms with E-state index in [1.54, 1.807) is 18.4 Å². The SMILES string of the molecule is CCOC(=O)C1=C(C)N=c2s/c(=C\c3c(OCc4ccccc4Cl)ccc4ccccc34)c(=O)n2[C@H]1c1ccccc1OC(C)C. The first kappa shape index (κ1) is 31.3. The van der Waals surface area contributed by atoms with Crippen molar-refractivity contribution in [3.63, 3.8) is 0 Å². The van der Waals surface area contributed by atoms with E-state index in [2.05, 4.69) is 0 Å². The minimum absolute atomic E-state index is 0.122. The largest absolute Gasteiger partial charge is 0.491 e. The average Bonchev–Trinajstić information content (AvgIpc) is 3.34. The number of rotatable bonds is 9. The molecule has 6 rings (SSSR count). The molecule has 234 valence electrons. The van der Waals surface area contributed by atoms with Gasteiger partial charge in [0.1, 0.15) is 24.1 Å². The van der Waals surface area contributed by atoms with Gasteiger partial charge in [0.15, 0.2) is 4.80 Å². The Balaban J connectivity index is 1.55. The third kappa shape index (κ3) is 6.10. The molecule has 2 heterocycles. The lowest BCUT2D eigenvalue weighted by Gasteiger charge is -2.26. The molecule has 0 fully saturated rings. The van der Waals surface area contributed by atoms with Crippen LogP contribution >= 0.6 is 22.9 Å². The lowest BCUT2D eigenvalue weighted by atomic mass is 9.95. The van der Waals surface area contributed by atoms with E-state index >= 15 is 0 Å². The van der Waals surface area contributed by atoms with Gasteiger partial charge < -0.3 is 14.2 Å².